The smallest absolute Gasteiger partial charge is 0.183 e. The number of hydrogen-bond acceptors (Lipinski definition) is 5. The summed E-state index contributed by atoms with van der Waals surface area (Å²) in [6.45, 7) is 1.99. The molecule has 1 unspecified atom stereocenters. The van der Waals surface area contributed by atoms with Crippen molar-refractivity contribution >= 4 is 39.8 Å². The second-order valence-corrected chi connectivity index (χ2v) is 6.60. The van der Waals surface area contributed by atoms with Crippen molar-refractivity contribution in [1.82, 2.24) is 19.5 Å². The van der Waals surface area contributed by atoms with Crippen molar-refractivity contribution in [3.63, 3.8) is 0 Å². The zero-order valence-corrected chi connectivity index (χ0v) is 13.1. The third kappa shape index (κ3) is 2.82. The Morgan fingerprint density at radius 3 is 2.90 bits per heavy atom. The quantitative estimate of drug-likeness (QED) is 0.691. The number of imidazole rings is 1. The van der Waals surface area contributed by atoms with Crippen LogP contribution in [0.4, 0.5) is 0 Å². The van der Waals surface area contributed by atoms with E-state index in [2.05, 4.69) is 15.0 Å². The molecule has 7 heteroatoms. The van der Waals surface area contributed by atoms with Crippen LogP contribution in [0.25, 0.3) is 11.0 Å². The maximum Gasteiger partial charge on any atom is 0.183 e. The fourth-order valence-electron chi connectivity index (χ4n) is 2.16. The highest BCUT2D eigenvalue weighted by molar-refractivity contribution is 7.15. The zero-order valence-electron chi connectivity index (χ0n) is 11.6. The van der Waals surface area contributed by atoms with Gasteiger partial charge in [-0.3, -0.25) is 9.78 Å². The number of aryl methyl sites for hydroxylation is 1. The number of carbonyl (C=O) groups excluding carboxylic acids is 1. The van der Waals surface area contributed by atoms with Gasteiger partial charge in [-0.2, -0.15) is 0 Å². The monoisotopic (exact) mass is 320 g/mol. The summed E-state index contributed by atoms with van der Waals surface area (Å²) in [7, 11) is 1.89. The molecule has 1 atom stereocenters. The number of nitrogens with zero attached hydrogens (tertiary/aromatic N) is 4. The normalized spacial score (nSPS) is 12.7. The van der Waals surface area contributed by atoms with Gasteiger partial charge < -0.3 is 4.57 Å². The van der Waals surface area contributed by atoms with E-state index >= 15 is 0 Å². The summed E-state index contributed by atoms with van der Waals surface area (Å²) < 4.78 is 2.37. The van der Waals surface area contributed by atoms with Gasteiger partial charge in [0.1, 0.15) is 11.2 Å². The molecule has 0 saturated carbocycles. The van der Waals surface area contributed by atoms with E-state index < -0.39 is 0 Å². The molecule has 21 heavy (non-hydrogen) atoms. The molecular weight excluding hydrogens is 308 g/mol. The highest BCUT2D eigenvalue weighted by Gasteiger charge is 2.17. The number of aromatic nitrogens is 4. The Balaban J connectivity index is 1.81. The summed E-state index contributed by atoms with van der Waals surface area (Å²) in [5.74, 6) is 0.0849. The third-order valence-electron chi connectivity index (χ3n) is 3.37. The number of thiazole rings is 1. The number of Topliss-reactive ketones (excluding diaryl/α,β-unsaturated/α-hetero) is 1. The summed E-state index contributed by atoms with van der Waals surface area (Å²) in [6, 6.07) is 1.79. The number of hydrogen-bond donors (Lipinski definition) is 0. The van der Waals surface area contributed by atoms with Gasteiger partial charge in [-0.05, 0) is 12.0 Å². The molecule has 0 bridgehead atoms. The summed E-state index contributed by atoms with van der Waals surface area (Å²) in [5, 5.41) is 0. The van der Waals surface area contributed by atoms with E-state index in [-0.39, 0.29) is 11.7 Å². The maximum atomic E-state index is 12.4. The van der Waals surface area contributed by atoms with Crippen molar-refractivity contribution in [2.24, 2.45) is 7.05 Å². The maximum absolute atomic E-state index is 12.4. The summed E-state index contributed by atoms with van der Waals surface area (Å²) in [5.41, 5.74) is 2.16. The minimum Gasteiger partial charge on any atom is -0.334 e. The molecule has 0 aliphatic heterocycles. The van der Waals surface area contributed by atoms with Gasteiger partial charge in [-0.1, -0.05) is 18.5 Å². The third-order valence-corrected chi connectivity index (χ3v) is 4.72. The van der Waals surface area contributed by atoms with Crippen molar-refractivity contribution < 1.29 is 4.79 Å². The Morgan fingerprint density at radius 1 is 1.38 bits per heavy atom. The van der Waals surface area contributed by atoms with Crippen molar-refractivity contribution in [3.8, 4) is 0 Å². The first kappa shape index (κ1) is 14.2. The van der Waals surface area contributed by atoms with Crippen LogP contribution in [0.15, 0.2) is 24.8 Å². The predicted molar refractivity (Wildman–Crippen MR) is 83.0 cm³/mol. The largest absolute Gasteiger partial charge is 0.334 e. The lowest BCUT2D eigenvalue weighted by molar-refractivity contribution is 0.0971. The highest BCUT2D eigenvalue weighted by atomic mass is 35.5. The molecule has 0 amide bonds. The first-order valence-electron chi connectivity index (χ1n) is 6.46. The van der Waals surface area contributed by atoms with Gasteiger partial charge in [0.15, 0.2) is 10.3 Å². The average molecular weight is 321 g/mol. The minimum absolute atomic E-state index is 0.00937. The van der Waals surface area contributed by atoms with Gasteiger partial charge in [0.2, 0.25) is 0 Å². The van der Waals surface area contributed by atoms with Crippen molar-refractivity contribution in [2.75, 3.05) is 0 Å². The Bertz CT molecular complexity index is 810. The number of carbonyl (C=O) groups is 1. The molecule has 3 aromatic rings. The van der Waals surface area contributed by atoms with E-state index in [1.165, 1.54) is 11.3 Å². The van der Waals surface area contributed by atoms with Gasteiger partial charge in [0.05, 0.1) is 18.0 Å². The van der Waals surface area contributed by atoms with Crippen LogP contribution in [0, 0.1) is 0 Å². The second kappa shape index (κ2) is 5.54. The average Bonchev–Trinajstić information content (AvgIpc) is 3.05. The first-order chi connectivity index (χ1) is 10.0. The molecule has 3 aromatic heterocycles. The molecule has 0 fully saturated rings. The van der Waals surface area contributed by atoms with Gasteiger partial charge in [0.25, 0.3) is 0 Å². The Morgan fingerprint density at radius 2 is 2.19 bits per heavy atom. The highest BCUT2D eigenvalue weighted by Crippen LogP contribution is 2.28. The van der Waals surface area contributed by atoms with Crippen molar-refractivity contribution in [3.05, 3.63) is 39.8 Å². The molecule has 0 N–H and O–H groups in total. The Labute approximate surface area is 130 Å². The fourth-order valence-corrected chi connectivity index (χ4v) is 3.16. The number of pyridine rings is 1. The molecule has 3 heterocycles. The van der Waals surface area contributed by atoms with Crippen LogP contribution in [-0.2, 0) is 7.05 Å². The molecule has 3 rings (SSSR count). The molecular formula is C14H13ClN4OS. The lowest BCUT2D eigenvalue weighted by Gasteiger charge is -2.07. The van der Waals surface area contributed by atoms with Crippen LogP contribution in [0.3, 0.4) is 0 Å². The van der Waals surface area contributed by atoms with Crippen LogP contribution in [0.5, 0.6) is 0 Å². The summed E-state index contributed by atoms with van der Waals surface area (Å²) in [6.07, 6.45) is 5.46. The zero-order chi connectivity index (χ0) is 15.0. The van der Waals surface area contributed by atoms with E-state index in [4.69, 9.17) is 11.6 Å². The number of fused-ring (bicyclic) bond motifs is 1. The number of halogens is 1. The summed E-state index contributed by atoms with van der Waals surface area (Å²) in [4.78, 5) is 25.8. The van der Waals surface area contributed by atoms with E-state index in [9.17, 15) is 4.79 Å². The van der Waals surface area contributed by atoms with Gasteiger partial charge in [-0.25, -0.2) is 9.97 Å². The van der Waals surface area contributed by atoms with E-state index in [0.717, 1.165) is 15.9 Å². The molecule has 0 spiro atoms. The van der Waals surface area contributed by atoms with Crippen LogP contribution >= 0.6 is 22.9 Å². The topological polar surface area (TPSA) is 60.7 Å². The molecule has 5 nitrogen and oxygen atoms in total. The molecule has 0 aromatic carbocycles. The van der Waals surface area contributed by atoms with Crippen molar-refractivity contribution in [1.29, 1.82) is 0 Å². The Hall–Kier alpha value is -1.79. The van der Waals surface area contributed by atoms with Gasteiger partial charge in [0, 0.05) is 24.5 Å². The van der Waals surface area contributed by atoms with Gasteiger partial charge in [-0.15, -0.1) is 11.3 Å². The first-order valence-corrected chi connectivity index (χ1v) is 7.65. The van der Waals surface area contributed by atoms with Crippen molar-refractivity contribution in [2.45, 2.75) is 19.3 Å². The van der Waals surface area contributed by atoms with Gasteiger partial charge >= 0.3 is 0 Å². The molecule has 0 aliphatic carbocycles. The predicted octanol–water partition coefficient (Wildman–Crippen LogP) is 3.45. The lowest BCUT2D eigenvalue weighted by Crippen LogP contribution is -2.06. The van der Waals surface area contributed by atoms with E-state index in [0.29, 0.717) is 16.6 Å². The molecule has 0 saturated heterocycles. The molecule has 108 valence electrons. The van der Waals surface area contributed by atoms with Crippen LogP contribution in [0.1, 0.15) is 34.6 Å². The standard InChI is InChI=1S/C14H13ClN4OS/c1-8(13-6-17-14(15)21-13)3-12(20)9-4-11-10(5-16-9)18-7-19(11)2/h4-8H,3H2,1-2H3. The van der Waals surface area contributed by atoms with Crippen LogP contribution in [0.2, 0.25) is 4.47 Å². The number of ketones is 1. The van der Waals surface area contributed by atoms with Crippen LogP contribution in [-0.4, -0.2) is 25.3 Å². The van der Waals surface area contributed by atoms with E-state index in [1.807, 2.05) is 18.5 Å². The summed E-state index contributed by atoms with van der Waals surface area (Å²) >= 11 is 7.24. The molecule has 0 radical (unpaired) electrons. The SMILES string of the molecule is CC(CC(=O)c1cc2c(cn1)ncn2C)c1cnc(Cl)s1. The second-order valence-electron chi connectivity index (χ2n) is 4.96. The lowest BCUT2D eigenvalue weighted by atomic mass is 10.0. The Kier molecular flexibility index (Phi) is 3.73. The fraction of sp³-hybridized carbons (Fsp3) is 0.286. The van der Waals surface area contributed by atoms with Crippen LogP contribution < -0.4 is 0 Å². The number of rotatable bonds is 4. The minimum atomic E-state index is 0.00937. The molecule has 0 aliphatic rings. The van der Waals surface area contributed by atoms with E-state index in [1.54, 1.807) is 24.8 Å².